The second-order valence-corrected chi connectivity index (χ2v) is 4.35. The molecule has 0 fully saturated rings. The van der Waals surface area contributed by atoms with Crippen LogP contribution in [0, 0.1) is 25.7 Å². The van der Waals surface area contributed by atoms with Crippen molar-refractivity contribution >= 4 is 11.9 Å². The minimum atomic E-state index is -0.309. The lowest BCUT2D eigenvalue weighted by molar-refractivity contribution is 0.102. The molecule has 0 aliphatic rings. The largest absolute Gasteiger partial charge is 0.320 e. The van der Waals surface area contributed by atoms with Crippen molar-refractivity contribution in [3.8, 4) is 11.8 Å². The molecule has 0 atom stereocenters. The Balaban J connectivity index is 2.18. The van der Waals surface area contributed by atoms with Crippen LogP contribution in [-0.4, -0.2) is 27.6 Å². The van der Waals surface area contributed by atoms with E-state index in [0.717, 1.165) is 17.0 Å². The van der Waals surface area contributed by atoms with Crippen LogP contribution >= 0.6 is 0 Å². The van der Waals surface area contributed by atoms with Crippen molar-refractivity contribution in [1.29, 1.82) is 0 Å². The lowest BCUT2D eigenvalue weighted by Gasteiger charge is -2.05. The van der Waals surface area contributed by atoms with E-state index in [0.29, 0.717) is 5.56 Å². The predicted molar refractivity (Wildman–Crippen MR) is 79.6 cm³/mol. The number of aryl methyl sites for hydroxylation is 2. The zero-order chi connectivity index (χ0) is 15.2. The summed E-state index contributed by atoms with van der Waals surface area (Å²) in [5.41, 5.74) is 7.98. The second kappa shape index (κ2) is 6.59. The van der Waals surface area contributed by atoms with Gasteiger partial charge in [-0.05, 0) is 32.0 Å². The van der Waals surface area contributed by atoms with Crippen LogP contribution in [0.4, 0.5) is 5.95 Å². The molecule has 0 saturated carbocycles. The topological polar surface area (TPSA) is 93.8 Å². The first-order chi connectivity index (χ1) is 10.1. The van der Waals surface area contributed by atoms with Crippen molar-refractivity contribution in [3.05, 3.63) is 46.8 Å². The Morgan fingerprint density at radius 3 is 2.81 bits per heavy atom. The molecular formula is C15H15N5O. The third-order valence-electron chi connectivity index (χ3n) is 2.78. The summed E-state index contributed by atoms with van der Waals surface area (Å²) in [5.74, 6) is 5.50. The first-order valence-corrected chi connectivity index (χ1v) is 6.38. The van der Waals surface area contributed by atoms with E-state index < -0.39 is 0 Å². The van der Waals surface area contributed by atoms with Crippen molar-refractivity contribution in [1.82, 2.24) is 15.2 Å². The summed E-state index contributed by atoms with van der Waals surface area (Å²) in [4.78, 5) is 16.3. The molecule has 1 amide bonds. The first kappa shape index (κ1) is 14.6. The van der Waals surface area contributed by atoms with Gasteiger partial charge in [-0.3, -0.25) is 10.1 Å². The Kier molecular flexibility index (Phi) is 4.59. The van der Waals surface area contributed by atoms with Crippen LogP contribution in [-0.2, 0) is 0 Å². The molecule has 1 aromatic carbocycles. The Hall–Kier alpha value is -2.78. The van der Waals surface area contributed by atoms with E-state index >= 15 is 0 Å². The fourth-order valence-corrected chi connectivity index (χ4v) is 1.57. The fraction of sp³-hybridized carbons (Fsp3) is 0.200. The molecular weight excluding hydrogens is 266 g/mol. The number of hydrogen-bond donors (Lipinski definition) is 2. The number of carbonyl (C=O) groups is 1. The van der Waals surface area contributed by atoms with Crippen molar-refractivity contribution in [2.45, 2.75) is 13.8 Å². The Morgan fingerprint density at radius 2 is 2.10 bits per heavy atom. The normalized spacial score (nSPS) is 9.67. The number of anilines is 1. The third kappa shape index (κ3) is 3.84. The highest BCUT2D eigenvalue weighted by Gasteiger charge is 2.09. The van der Waals surface area contributed by atoms with Crippen LogP contribution in [0.25, 0.3) is 0 Å². The molecule has 0 spiro atoms. The van der Waals surface area contributed by atoms with E-state index in [9.17, 15) is 4.79 Å². The Labute approximate surface area is 122 Å². The van der Waals surface area contributed by atoms with Crippen LogP contribution in [0.2, 0.25) is 0 Å². The number of nitrogens with two attached hydrogens (primary N) is 1. The number of benzene rings is 1. The van der Waals surface area contributed by atoms with Crippen molar-refractivity contribution < 1.29 is 4.79 Å². The lowest BCUT2D eigenvalue weighted by atomic mass is 10.1. The molecule has 106 valence electrons. The summed E-state index contributed by atoms with van der Waals surface area (Å²) in [6.45, 7) is 3.89. The number of hydrogen-bond acceptors (Lipinski definition) is 5. The first-order valence-electron chi connectivity index (χ1n) is 6.38. The maximum Gasteiger partial charge on any atom is 0.258 e. The van der Waals surface area contributed by atoms with Gasteiger partial charge in [-0.15, -0.1) is 5.10 Å². The molecule has 0 radical (unpaired) electrons. The molecule has 3 N–H and O–H groups in total. The summed E-state index contributed by atoms with van der Waals surface area (Å²) in [7, 11) is 0. The molecule has 21 heavy (non-hydrogen) atoms. The molecule has 0 unspecified atom stereocenters. The second-order valence-electron chi connectivity index (χ2n) is 4.35. The summed E-state index contributed by atoms with van der Waals surface area (Å²) < 4.78 is 0. The molecule has 6 heteroatoms. The van der Waals surface area contributed by atoms with E-state index in [-0.39, 0.29) is 18.4 Å². The number of nitrogens with one attached hydrogen (secondary N) is 1. The van der Waals surface area contributed by atoms with E-state index in [4.69, 9.17) is 5.73 Å². The minimum Gasteiger partial charge on any atom is -0.320 e. The van der Waals surface area contributed by atoms with Gasteiger partial charge in [0, 0.05) is 11.1 Å². The SMILES string of the molecule is Cc1nnc(NC(=O)c2cccc(C#CCN)c2)nc1C. The number of rotatable bonds is 2. The highest BCUT2D eigenvalue weighted by molar-refractivity contribution is 6.03. The molecule has 2 rings (SSSR count). The van der Waals surface area contributed by atoms with Gasteiger partial charge in [-0.25, -0.2) is 4.98 Å². The van der Waals surface area contributed by atoms with Gasteiger partial charge in [0.15, 0.2) is 0 Å². The van der Waals surface area contributed by atoms with E-state index in [1.54, 1.807) is 25.1 Å². The van der Waals surface area contributed by atoms with Crippen LogP contribution < -0.4 is 11.1 Å². The fourth-order valence-electron chi connectivity index (χ4n) is 1.57. The van der Waals surface area contributed by atoms with E-state index in [1.807, 2.05) is 13.0 Å². The Morgan fingerprint density at radius 1 is 1.29 bits per heavy atom. The lowest BCUT2D eigenvalue weighted by Crippen LogP contribution is -2.15. The summed E-state index contributed by atoms with van der Waals surface area (Å²) in [5, 5.41) is 10.4. The predicted octanol–water partition coefficient (Wildman–Crippen LogP) is 1.05. The minimum absolute atomic E-state index is 0.182. The summed E-state index contributed by atoms with van der Waals surface area (Å²) in [6, 6.07) is 6.95. The van der Waals surface area contributed by atoms with Gasteiger partial charge in [0.05, 0.1) is 17.9 Å². The average Bonchev–Trinajstić information content (AvgIpc) is 2.49. The zero-order valence-electron chi connectivity index (χ0n) is 11.8. The third-order valence-corrected chi connectivity index (χ3v) is 2.78. The van der Waals surface area contributed by atoms with Gasteiger partial charge in [-0.2, -0.15) is 5.10 Å². The highest BCUT2D eigenvalue weighted by atomic mass is 16.1. The van der Waals surface area contributed by atoms with Gasteiger partial charge in [0.25, 0.3) is 5.91 Å². The smallest absolute Gasteiger partial charge is 0.258 e. The van der Waals surface area contributed by atoms with Crippen LogP contribution in [0.3, 0.4) is 0 Å². The van der Waals surface area contributed by atoms with Gasteiger partial charge in [0.2, 0.25) is 5.95 Å². The summed E-state index contributed by atoms with van der Waals surface area (Å²) >= 11 is 0. The molecule has 0 aliphatic heterocycles. The maximum atomic E-state index is 12.1. The molecule has 1 heterocycles. The van der Waals surface area contributed by atoms with Gasteiger partial charge >= 0.3 is 0 Å². The zero-order valence-corrected chi connectivity index (χ0v) is 11.8. The molecule has 0 bridgehead atoms. The quantitative estimate of drug-likeness (QED) is 0.802. The van der Waals surface area contributed by atoms with E-state index in [1.165, 1.54) is 0 Å². The highest BCUT2D eigenvalue weighted by Crippen LogP contribution is 2.08. The van der Waals surface area contributed by atoms with Crippen molar-refractivity contribution in [3.63, 3.8) is 0 Å². The van der Waals surface area contributed by atoms with Crippen molar-refractivity contribution in [2.24, 2.45) is 5.73 Å². The molecule has 6 nitrogen and oxygen atoms in total. The standard InChI is InChI=1S/C15H15N5O/c1-10-11(2)19-20-15(17-10)18-14(21)13-7-3-5-12(9-13)6-4-8-16/h3,5,7,9H,8,16H2,1-2H3,(H,17,18,20,21). The monoisotopic (exact) mass is 281 g/mol. The summed E-state index contributed by atoms with van der Waals surface area (Å²) in [6.07, 6.45) is 0. The number of nitrogens with zero attached hydrogens (tertiary/aromatic N) is 3. The Bertz CT molecular complexity index is 730. The van der Waals surface area contributed by atoms with Gasteiger partial charge < -0.3 is 5.73 Å². The molecule has 0 saturated heterocycles. The van der Waals surface area contributed by atoms with Gasteiger partial charge in [0.1, 0.15) is 0 Å². The number of aromatic nitrogens is 3. The number of carbonyl (C=O) groups excluding carboxylic acids is 1. The molecule has 0 aliphatic carbocycles. The van der Waals surface area contributed by atoms with E-state index in [2.05, 4.69) is 32.3 Å². The average molecular weight is 281 g/mol. The number of amides is 1. The van der Waals surface area contributed by atoms with Crippen molar-refractivity contribution in [2.75, 3.05) is 11.9 Å². The maximum absolute atomic E-state index is 12.1. The molecule has 1 aromatic heterocycles. The van der Waals surface area contributed by atoms with Crippen LogP contribution in [0.5, 0.6) is 0 Å². The van der Waals surface area contributed by atoms with Gasteiger partial charge in [-0.1, -0.05) is 17.9 Å². The van der Waals surface area contributed by atoms with Crippen LogP contribution in [0.15, 0.2) is 24.3 Å². The molecule has 2 aromatic rings. The van der Waals surface area contributed by atoms with Crippen LogP contribution in [0.1, 0.15) is 27.3 Å².